The first-order valence-corrected chi connectivity index (χ1v) is 8.36. The molecule has 26 heavy (non-hydrogen) atoms. The van der Waals surface area contributed by atoms with Gasteiger partial charge in [-0.3, -0.25) is 0 Å². The standard InChI is InChI=1S/C21H20N2O3/c1-15-19(20(24)26-14-17-10-6-3-7-11-17)18(23-21(25)22-15)13-12-16-8-4-2-5-9-16/h2-13,18H,14H2,1H3,(H2,22,23,25). The lowest BCUT2D eigenvalue weighted by atomic mass is 10.0. The predicted molar refractivity (Wildman–Crippen MR) is 99.9 cm³/mol. The van der Waals surface area contributed by atoms with E-state index in [0.717, 1.165) is 11.1 Å². The molecule has 1 aliphatic rings. The maximum atomic E-state index is 12.6. The van der Waals surface area contributed by atoms with E-state index in [4.69, 9.17) is 4.74 Å². The van der Waals surface area contributed by atoms with Crippen molar-refractivity contribution in [2.24, 2.45) is 0 Å². The van der Waals surface area contributed by atoms with Crippen molar-refractivity contribution in [2.45, 2.75) is 19.6 Å². The van der Waals surface area contributed by atoms with Crippen molar-refractivity contribution in [3.8, 4) is 0 Å². The van der Waals surface area contributed by atoms with Crippen molar-refractivity contribution in [1.82, 2.24) is 10.6 Å². The van der Waals surface area contributed by atoms with Crippen LogP contribution in [0.15, 0.2) is 78.0 Å². The Labute approximate surface area is 152 Å². The van der Waals surface area contributed by atoms with E-state index in [1.54, 1.807) is 13.0 Å². The molecule has 2 aromatic carbocycles. The maximum Gasteiger partial charge on any atom is 0.338 e. The lowest BCUT2D eigenvalue weighted by molar-refractivity contribution is -0.140. The molecule has 2 amide bonds. The van der Waals surface area contributed by atoms with Crippen LogP contribution >= 0.6 is 0 Å². The molecule has 3 rings (SSSR count). The van der Waals surface area contributed by atoms with Gasteiger partial charge in [-0.25, -0.2) is 9.59 Å². The van der Waals surface area contributed by atoms with E-state index in [0.29, 0.717) is 11.3 Å². The van der Waals surface area contributed by atoms with Crippen LogP contribution in [0.5, 0.6) is 0 Å². The molecule has 0 bridgehead atoms. The normalized spacial score (nSPS) is 17.0. The SMILES string of the molecule is CC1=C(C(=O)OCc2ccccc2)C(C=Cc2ccccc2)NC(=O)N1. The van der Waals surface area contributed by atoms with Gasteiger partial charge in [0.2, 0.25) is 0 Å². The van der Waals surface area contributed by atoms with Crippen molar-refractivity contribution in [1.29, 1.82) is 0 Å². The van der Waals surface area contributed by atoms with E-state index in [1.807, 2.05) is 66.7 Å². The van der Waals surface area contributed by atoms with Crippen LogP contribution in [-0.4, -0.2) is 18.0 Å². The number of carbonyl (C=O) groups excluding carboxylic acids is 2. The second kappa shape index (κ2) is 8.16. The zero-order valence-corrected chi connectivity index (χ0v) is 14.4. The van der Waals surface area contributed by atoms with Crippen LogP contribution < -0.4 is 10.6 Å². The monoisotopic (exact) mass is 348 g/mol. The van der Waals surface area contributed by atoms with Gasteiger partial charge in [0, 0.05) is 5.70 Å². The molecule has 0 spiro atoms. The first-order valence-electron chi connectivity index (χ1n) is 8.36. The molecule has 5 nitrogen and oxygen atoms in total. The number of ether oxygens (including phenoxy) is 1. The Morgan fingerprint density at radius 3 is 2.42 bits per heavy atom. The summed E-state index contributed by atoms with van der Waals surface area (Å²) in [5.74, 6) is -0.457. The average Bonchev–Trinajstić information content (AvgIpc) is 2.66. The number of urea groups is 1. The Bertz CT molecular complexity index is 842. The third-order valence-electron chi connectivity index (χ3n) is 4.02. The number of esters is 1. The van der Waals surface area contributed by atoms with E-state index >= 15 is 0 Å². The molecule has 2 aromatic rings. The number of carbonyl (C=O) groups is 2. The maximum absolute atomic E-state index is 12.6. The fraction of sp³-hybridized carbons (Fsp3) is 0.143. The fourth-order valence-corrected chi connectivity index (χ4v) is 2.72. The first-order chi connectivity index (χ1) is 12.6. The first kappa shape index (κ1) is 17.5. The van der Waals surface area contributed by atoms with Crippen LogP contribution in [0.25, 0.3) is 6.08 Å². The number of amides is 2. The molecule has 1 atom stereocenters. The quantitative estimate of drug-likeness (QED) is 0.814. The van der Waals surface area contributed by atoms with Crippen molar-refractivity contribution >= 4 is 18.1 Å². The summed E-state index contributed by atoms with van der Waals surface area (Å²) in [4.78, 5) is 24.4. The van der Waals surface area contributed by atoms with Gasteiger partial charge in [-0.1, -0.05) is 72.8 Å². The number of benzene rings is 2. The van der Waals surface area contributed by atoms with E-state index in [2.05, 4.69) is 10.6 Å². The van der Waals surface area contributed by atoms with Gasteiger partial charge < -0.3 is 15.4 Å². The number of rotatable bonds is 5. The lowest BCUT2D eigenvalue weighted by Gasteiger charge is -2.25. The summed E-state index contributed by atoms with van der Waals surface area (Å²) in [6.07, 6.45) is 3.66. The highest BCUT2D eigenvalue weighted by Crippen LogP contribution is 2.17. The topological polar surface area (TPSA) is 67.4 Å². The highest BCUT2D eigenvalue weighted by Gasteiger charge is 2.29. The number of allylic oxidation sites excluding steroid dienone is 1. The zero-order valence-electron chi connectivity index (χ0n) is 14.4. The molecular weight excluding hydrogens is 328 g/mol. The molecular formula is C21H20N2O3. The van der Waals surface area contributed by atoms with Crippen molar-refractivity contribution in [2.75, 3.05) is 0 Å². The van der Waals surface area contributed by atoms with E-state index in [9.17, 15) is 9.59 Å². The van der Waals surface area contributed by atoms with Crippen LogP contribution in [-0.2, 0) is 16.1 Å². The van der Waals surface area contributed by atoms with Crippen molar-refractivity contribution < 1.29 is 14.3 Å². The molecule has 0 radical (unpaired) electrons. The van der Waals surface area contributed by atoms with Gasteiger partial charge in [0.1, 0.15) is 6.61 Å². The number of hydrogen-bond donors (Lipinski definition) is 2. The van der Waals surface area contributed by atoms with E-state index < -0.39 is 12.0 Å². The minimum atomic E-state index is -0.549. The largest absolute Gasteiger partial charge is 0.457 e. The summed E-state index contributed by atoms with van der Waals surface area (Å²) in [6.45, 7) is 1.88. The molecule has 0 saturated heterocycles. The van der Waals surface area contributed by atoms with Gasteiger partial charge in [0.05, 0.1) is 11.6 Å². The van der Waals surface area contributed by atoms with E-state index in [1.165, 1.54) is 0 Å². The summed E-state index contributed by atoms with van der Waals surface area (Å²) in [5, 5.41) is 5.38. The molecule has 0 aliphatic carbocycles. The van der Waals surface area contributed by atoms with Gasteiger partial charge in [0.25, 0.3) is 0 Å². The summed E-state index contributed by atoms with van der Waals surface area (Å²) in [5.41, 5.74) is 2.78. The number of nitrogens with one attached hydrogen (secondary N) is 2. The molecule has 132 valence electrons. The van der Waals surface area contributed by atoms with Gasteiger partial charge in [0.15, 0.2) is 0 Å². The Balaban J connectivity index is 1.76. The highest BCUT2D eigenvalue weighted by atomic mass is 16.5. The Hall–Kier alpha value is -3.34. The van der Waals surface area contributed by atoms with Gasteiger partial charge >= 0.3 is 12.0 Å². The Kier molecular flexibility index (Phi) is 5.49. The van der Waals surface area contributed by atoms with Crippen LogP contribution in [0.1, 0.15) is 18.1 Å². The minimum Gasteiger partial charge on any atom is -0.457 e. The molecule has 2 N–H and O–H groups in total. The second-order valence-corrected chi connectivity index (χ2v) is 5.95. The molecule has 5 heteroatoms. The zero-order chi connectivity index (χ0) is 18.4. The Morgan fingerprint density at radius 2 is 1.73 bits per heavy atom. The smallest absolute Gasteiger partial charge is 0.338 e. The molecule has 0 fully saturated rings. The predicted octanol–water partition coefficient (Wildman–Crippen LogP) is 3.40. The molecule has 0 saturated carbocycles. The third kappa shape index (κ3) is 4.39. The van der Waals surface area contributed by atoms with Crippen molar-refractivity contribution in [3.05, 3.63) is 89.1 Å². The lowest BCUT2D eigenvalue weighted by Crippen LogP contribution is -2.49. The van der Waals surface area contributed by atoms with Gasteiger partial charge in [-0.05, 0) is 18.1 Å². The molecule has 1 aliphatic heterocycles. The van der Waals surface area contributed by atoms with Gasteiger partial charge in [-0.15, -0.1) is 0 Å². The van der Waals surface area contributed by atoms with Crippen LogP contribution in [0.4, 0.5) is 4.79 Å². The third-order valence-corrected chi connectivity index (χ3v) is 4.02. The minimum absolute atomic E-state index is 0.180. The summed E-state index contributed by atoms with van der Waals surface area (Å²) in [6, 6.07) is 18.3. The van der Waals surface area contributed by atoms with Crippen LogP contribution in [0.3, 0.4) is 0 Å². The average molecular weight is 348 g/mol. The highest BCUT2D eigenvalue weighted by molar-refractivity contribution is 5.95. The van der Waals surface area contributed by atoms with Crippen LogP contribution in [0, 0.1) is 0 Å². The Morgan fingerprint density at radius 1 is 1.08 bits per heavy atom. The fourth-order valence-electron chi connectivity index (χ4n) is 2.72. The molecule has 0 aromatic heterocycles. The summed E-state index contributed by atoms with van der Waals surface area (Å²) < 4.78 is 5.43. The summed E-state index contributed by atoms with van der Waals surface area (Å²) in [7, 11) is 0. The molecule has 1 heterocycles. The van der Waals surface area contributed by atoms with Gasteiger partial charge in [-0.2, -0.15) is 0 Å². The van der Waals surface area contributed by atoms with E-state index in [-0.39, 0.29) is 12.6 Å². The second-order valence-electron chi connectivity index (χ2n) is 5.95. The van der Waals surface area contributed by atoms with Crippen LogP contribution in [0.2, 0.25) is 0 Å². The molecule has 1 unspecified atom stereocenters. The van der Waals surface area contributed by atoms with Crippen molar-refractivity contribution in [3.63, 3.8) is 0 Å². The summed E-state index contributed by atoms with van der Waals surface area (Å²) >= 11 is 0. The number of hydrogen-bond acceptors (Lipinski definition) is 3.